The van der Waals surface area contributed by atoms with E-state index in [1.807, 2.05) is 6.92 Å². The molecule has 0 aliphatic rings. The molecule has 0 spiro atoms. The fourth-order valence-corrected chi connectivity index (χ4v) is 3.66. The number of primary amides is 1. The van der Waals surface area contributed by atoms with Gasteiger partial charge in [-0.15, -0.1) is 0 Å². The lowest BCUT2D eigenvalue weighted by atomic mass is 10.3. The Hall–Kier alpha value is -2.35. The van der Waals surface area contributed by atoms with Gasteiger partial charge in [0.2, 0.25) is 9.84 Å². The highest BCUT2D eigenvalue weighted by Gasteiger charge is 2.29. The van der Waals surface area contributed by atoms with Crippen LogP contribution in [0.1, 0.15) is 23.8 Å². The van der Waals surface area contributed by atoms with E-state index in [-0.39, 0.29) is 15.6 Å². The minimum atomic E-state index is -3.91. The molecule has 1 aromatic carbocycles. The van der Waals surface area contributed by atoms with E-state index in [2.05, 4.69) is 4.98 Å². The van der Waals surface area contributed by atoms with E-state index in [0.717, 1.165) is 0 Å². The molecule has 0 fully saturated rings. The third kappa shape index (κ3) is 2.82. The summed E-state index contributed by atoms with van der Waals surface area (Å²) in [6.45, 7) is 2.32. The number of nitrogens with two attached hydrogens (primary N) is 1. The first-order valence-electron chi connectivity index (χ1n) is 6.66. The highest BCUT2D eigenvalue weighted by atomic mass is 32.2. The lowest BCUT2D eigenvalue weighted by molar-refractivity contribution is 0.0992. The number of nitrogens with zero attached hydrogens (tertiary/aromatic N) is 2. The second-order valence-electron chi connectivity index (χ2n) is 4.63. The Morgan fingerprint density at radius 3 is 2.45 bits per heavy atom. The Morgan fingerprint density at radius 2 is 1.95 bits per heavy atom. The molecule has 1 aromatic heterocycles. The van der Waals surface area contributed by atoms with Crippen LogP contribution in [-0.2, 0) is 16.4 Å². The minimum absolute atomic E-state index is 0.0497. The zero-order chi connectivity index (χ0) is 16.3. The van der Waals surface area contributed by atoms with Gasteiger partial charge in [0.15, 0.2) is 10.7 Å². The largest absolute Gasteiger partial charge is 0.497 e. The smallest absolute Gasteiger partial charge is 0.270 e. The van der Waals surface area contributed by atoms with Crippen LogP contribution in [-0.4, -0.2) is 31.0 Å². The predicted molar refractivity (Wildman–Crippen MR) is 79.5 cm³/mol. The zero-order valence-corrected chi connectivity index (χ0v) is 13.1. The maximum atomic E-state index is 12.8. The van der Waals surface area contributed by atoms with Crippen molar-refractivity contribution in [2.24, 2.45) is 5.73 Å². The summed E-state index contributed by atoms with van der Waals surface area (Å²) < 4.78 is 32.1. The van der Waals surface area contributed by atoms with Crippen LogP contribution in [0.15, 0.2) is 40.5 Å². The van der Waals surface area contributed by atoms with Crippen molar-refractivity contribution < 1.29 is 17.9 Å². The number of rotatable bonds is 6. The van der Waals surface area contributed by atoms with Crippen LogP contribution >= 0.6 is 0 Å². The summed E-state index contributed by atoms with van der Waals surface area (Å²) in [5, 5.41) is -0.174. The van der Waals surface area contributed by atoms with Crippen LogP contribution in [0.25, 0.3) is 0 Å². The van der Waals surface area contributed by atoms with Crippen molar-refractivity contribution in [2.45, 2.75) is 29.8 Å². The van der Waals surface area contributed by atoms with Gasteiger partial charge in [-0.05, 0) is 30.7 Å². The molecule has 1 heterocycles. The quantitative estimate of drug-likeness (QED) is 0.861. The second kappa shape index (κ2) is 6.18. The van der Waals surface area contributed by atoms with Crippen LogP contribution in [0.5, 0.6) is 5.75 Å². The van der Waals surface area contributed by atoms with Gasteiger partial charge in [0.1, 0.15) is 5.75 Å². The molecular weight excluding hydrogens is 306 g/mol. The van der Waals surface area contributed by atoms with Crippen LogP contribution in [0.4, 0.5) is 0 Å². The molecule has 2 aromatic rings. The Labute approximate surface area is 128 Å². The van der Waals surface area contributed by atoms with Crippen LogP contribution in [0.3, 0.4) is 0 Å². The maximum absolute atomic E-state index is 12.8. The van der Waals surface area contributed by atoms with Gasteiger partial charge in [-0.2, -0.15) is 0 Å². The topological polar surface area (TPSA) is 104 Å². The van der Waals surface area contributed by atoms with E-state index in [1.165, 1.54) is 42.3 Å². The lowest BCUT2D eigenvalue weighted by Crippen LogP contribution is -2.19. The summed E-state index contributed by atoms with van der Waals surface area (Å²) in [6, 6.07) is 5.92. The van der Waals surface area contributed by atoms with Gasteiger partial charge < -0.3 is 15.0 Å². The number of aromatic nitrogens is 2. The van der Waals surface area contributed by atoms with E-state index in [1.54, 1.807) is 0 Å². The van der Waals surface area contributed by atoms with E-state index >= 15 is 0 Å². The fourth-order valence-electron chi connectivity index (χ4n) is 2.09. The molecule has 7 nitrogen and oxygen atoms in total. The number of amides is 1. The molecule has 0 radical (unpaired) electrons. The van der Waals surface area contributed by atoms with Crippen molar-refractivity contribution >= 4 is 15.7 Å². The average Bonchev–Trinajstić information content (AvgIpc) is 2.92. The van der Waals surface area contributed by atoms with Crippen LogP contribution in [0.2, 0.25) is 0 Å². The van der Waals surface area contributed by atoms with Crippen molar-refractivity contribution in [1.82, 2.24) is 9.55 Å². The molecule has 0 bridgehead atoms. The molecule has 0 aliphatic carbocycles. The standard InChI is InChI=1S/C14H17N3O4S/c1-3-8-17-9-16-12(13(15)18)14(17)22(19,20)11-6-4-10(21-2)5-7-11/h4-7,9H,3,8H2,1-2H3,(H2,15,18). The number of sulfone groups is 1. The minimum Gasteiger partial charge on any atom is -0.497 e. The second-order valence-corrected chi connectivity index (χ2v) is 6.50. The fraction of sp³-hybridized carbons (Fsp3) is 0.286. The van der Waals surface area contributed by atoms with E-state index < -0.39 is 15.7 Å². The first-order valence-corrected chi connectivity index (χ1v) is 8.14. The van der Waals surface area contributed by atoms with E-state index in [4.69, 9.17) is 10.5 Å². The van der Waals surface area contributed by atoms with Gasteiger partial charge in [0.25, 0.3) is 5.91 Å². The molecule has 2 N–H and O–H groups in total. The maximum Gasteiger partial charge on any atom is 0.270 e. The first kappa shape index (κ1) is 16.0. The molecule has 1 amide bonds. The summed E-state index contributed by atoms with van der Waals surface area (Å²) in [5.74, 6) is -0.335. The molecule has 0 saturated carbocycles. The van der Waals surface area contributed by atoms with E-state index in [9.17, 15) is 13.2 Å². The highest BCUT2D eigenvalue weighted by Crippen LogP contribution is 2.25. The van der Waals surface area contributed by atoms with Gasteiger partial charge in [-0.3, -0.25) is 4.79 Å². The molecule has 0 unspecified atom stereocenters. The summed E-state index contributed by atoms with van der Waals surface area (Å²) in [4.78, 5) is 15.4. The van der Waals surface area contributed by atoms with Crippen molar-refractivity contribution in [3.8, 4) is 5.75 Å². The molecule has 8 heteroatoms. The Kier molecular flexibility index (Phi) is 4.51. The van der Waals surface area contributed by atoms with Gasteiger partial charge >= 0.3 is 0 Å². The third-order valence-corrected chi connectivity index (χ3v) is 4.94. The first-order chi connectivity index (χ1) is 10.4. The summed E-state index contributed by atoms with van der Waals surface area (Å²) in [5.41, 5.74) is 5.00. The van der Waals surface area contributed by atoms with Crippen LogP contribution < -0.4 is 10.5 Å². The third-order valence-electron chi connectivity index (χ3n) is 3.11. The lowest BCUT2D eigenvalue weighted by Gasteiger charge is -2.10. The average molecular weight is 323 g/mol. The molecule has 22 heavy (non-hydrogen) atoms. The summed E-state index contributed by atoms with van der Waals surface area (Å²) in [7, 11) is -2.41. The summed E-state index contributed by atoms with van der Waals surface area (Å²) in [6.07, 6.45) is 2.01. The molecular formula is C14H17N3O4S. The number of aryl methyl sites for hydroxylation is 1. The molecule has 0 atom stereocenters. The number of ether oxygens (including phenoxy) is 1. The molecule has 0 aliphatic heterocycles. The normalized spacial score (nSPS) is 11.4. The number of hydrogen-bond donors (Lipinski definition) is 1. The van der Waals surface area contributed by atoms with Crippen molar-refractivity contribution in [2.75, 3.05) is 7.11 Å². The van der Waals surface area contributed by atoms with Gasteiger partial charge in [0.05, 0.1) is 18.3 Å². The monoisotopic (exact) mass is 323 g/mol. The Balaban J connectivity index is 2.60. The van der Waals surface area contributed by atoms with Crippen molar-refractivity contribution in [3.05, 3.63) is 36.3 Å². The number of hydrogen-bond acceptors (Lipinski definition) is 5. The van der Waals surface area contributed by atoms with Gasteiger partial charge in [-0.25, -0.2) is 13.4 Å². The van der Waals surface area contributed by atoms with Gasteiger partial charge in [-0.1, -0.05) is 6.92 Å². The number of methoxy groups -OCH3 is 1. The number of benzene rings is 1. The predicted octanol–water partition coefficient (Wildman–Crippen LogP) is 1.23. The molecule has 118 valence electrons. The Morgan fingerprint density at radius 1 is 1.32 bits per heavy atom. The van der Waals surface area contributed by atoms with Gasteiger partial charge in [0, 0.05) is 6.54 Å². The molecule has 0 saturated heterocycles. The molecule has 2 rings (SSSR count). The highest BCUT2D eigenvalue weighted by molar-refractivity contribution is 7.91. The Bertz CT molecular complexity index is 779. The summed E-state index contributed by atoms with van der Waals surface area (Å²) >= 11 is 0. The number of imidazole rings is 1. The van der Waals surface area contributed by atoms with Crippen LogP contribution in [0, 0.1) is 0 Å². The van der Waals surface area contributed by atoms with E-state index in [0.29, 0.717) is 18.7 Å². The van der Waals surface area contributed by atoms with Crippen molar-refractivity contribution in [3.63, 3.8) is 0 Å². The number of carbonyl (C=O) groups is 1. The zero-order valence-electron chi connectivity index (χ0n) is 12.3. The van der Waals surface area contributed by atoms with Crippen molar-refractivity contribution in [1.29, 1.82) is 0 Å². The SMILES string of the molecule is CCCn1cnc(C(N)=O)c1S(=O)(=O)c1ccc(OC)cc1. The number of carbonyl (C=O) groups excluding carboxylic acids is 1.